The van der Waals surface area contributed by atoms with Gasteiger partial charge in [0.15, 0.2) is 0 Å². The second-order valence-electron chi connectivity index (χ2n) is 3.33. The molecule has 1 aromatic carbocycles. The molecule has 0 radical (unpaired) electrons. The highest BCUT2D eigenvalue weighted by Gasteiger charge is 2.17. The van der Waals surface area contributed by atoms with Crippen molar-refractivity contribution in [1.29, 1.82) is 0 Å². The Kier molecular flexibility index (Phi) is 2.70. The Labute approximate surface area is 88.1 Å². The maximum Gasteiger partial charge on any atom is 0.251 e. The number of benzene rings is 1. The van der Waals surface area contributed by atoms with Gasteiger partial charge >= 0.3 is 0 Å². The molecule has 0 saturated carbocycles. The number of amides is 1. The van der Waals surface area contributed by atoms with E-state index in [1.165, 1.54) is 0 Å². The lowest BCUT2D eigenvalue weighted by Gasteiger charge is -1.95. The van der Waals surface area contributed by atoms with Gasteiger partial charge in [0.2, 0.25) is 0 Å². The van der Waals surface area contributed by atoms with Crippen molar-refractivity contribution in [2.75, 3.05) is 6.61 Å². The number of fused-ring (bicyclic) bond motifs is 1. The Hall–Kier alpha value is -1.79. The van der Waals surface area contributed by atoms with Gasteiger partial charge in [-0.1, -0.05) is 11.8 Å². The molecular weight excluding hydrogens is 190 g/mol. The molecule has 1 aliphatic rings. The first-order chi connectivity index (χ1) is 7.31. The number of hydrogen-bond donors (Lipinski definition) is 2. The van der Waals surface area contributed by atoms with E-state index in [1.54, 1.807) is 6.07 Å². The van der Waals surface area contributed by atoms with Crippen LogP contribution in [0.1, 0.15) is 27.9 Å². The van der Waals surface area contributed by atoms with Crippen LogP contribution in [0.25, 0.3) is 0 Å². The molecule has 0 unspecified atom stereocenters. The third kappa shape index (κ3) is 2.00. The topological polar surface area (TPSA) is 49.3 Å². The van der Waals surface area contributed by atoms with Gasteiger partial charge in [-0.25, -0.2) is 0 Å². The van der Waals surface area contributed by atoms with Crippen LogP contribution < -0.4 is 5.32 Å². The van der Waals surface area contributed by atoms with E-state index in [4.69, 9.17) is 5.11 Å². The molecule has 1 amide bonds. The molecule has 1 aromatic rings. The minimum absolute atomic E-state index is 0.0140. The molecule has 2 N–H and O–H groups in total. The zero-order chi connectivity index (χ0) is 10.7. The average molecular weight is 201 g/mol. The van der Waals surface area contributed by atoms with E-state index in [2.05, 4.69) is 17.2 Å². The number of carbonyl (C=O) groups excluding carboxylic acids is 1. The molecule has 0 atom stereocenters. The fourth-order valence-corrected chi connectivity index (χ4v) is 1.53. The number of rotatable bonds is 1. The monoisotopic (exact) mass is 201 g/mol. The van der Waals surface area contributed by atoms with Crippen molar-refractivity contribution in [3.8, 4) is 11.8 Å². The third-order valence-electron chi connectivity index (χ3n) is 2.26. The average Bonchev–Trinajstić information content (AvgIpc) is 2.61. The summed E-state index contributed by atoms with van der Waals surface area (Å²) in [5.74, 6) is 5.78. The highest BCUT2D eigenvalue weighted by Crippen LogP contribution is 2.16. The summed E-state index contributed by atoms with van der Waals surface area (Å²) in [6.07, 6.45) is 0.480. The number of carbonyl (C=O) groups is 1. The second-order valence-corrected chi connectivity index (χ2v) is 3.33. The molecule has 3 heteroatoms. The van der Waals surface area contributed by atoms with E-state index in [0.29, 0.717) is 13.0 Å². The van der Waals surface area contributed by atoms with Crippen LogP contribution in [0.3, 0.4) is 0 Å². The molecule has 0 saturated heterocycles. The maximum absolute atomic E-state index is 11.3. The van der Waals surface area contributed by atoms with Crippen molar-refractivity contribution in [3.63, 3.8) is 0 Å². The molecule has 1 aliphatic heterocycles. The first-order valence-electron chi connectivity index (χ1n) is 4.82. The standard InChI is InChI=1S/C12H11NO2/c14-6-2-1-3-9-4-5-11-10(7-9)8-13-12(11)15/h4-5,7,14H,2,6,8H2,(H,13,15). The Morgan fingerprint density at radius 3 is 3.13 bits per heavy atom. The zero-order valence-electron chi connectivity index (χ0n) is 8.21. The van der Waals surface area contributed by atoms with E-state index in [1.807, 2.05) is 12.1 Å². The lowest BCUT2D eigenvalue weighted by atomic mass is 10.1. The van der Waals surface area contributed by atoms with Crippen molar-refractivity contribution in [1.82, 2.24) is 5.32 Å². The first-order valence-corrected chi connectivity index (χ1v) is 4.82. The normalized spacial score (nSPS) is 12.7. The summed E-state index contributed by atoms with van der Waals surface area (Å²) in [6, 6.07) is 5.53. The maximum atomic E-state index is 11.3. The van der Waals surface area contributed by atoms with Gasteiger partial charge in [0.05, 0.1) is 6.61 Å². The van der Waals surface area contributed by atoms with Crippen molar-refractivity contribution < 1.29 is 9.90 Å². The van der Waals surface area contributed by atoms with Crippen molar-refractivity contribution in [3.05, 3.63) is 34.9 Å². The van der Waals surface area contributed by atoms with E-state index >= 15 is 0 Å². The molecule has 0 aromatic heterocycles. The lowest BCUT2D eigenvalue weighted by molar-refractivity contribution is 0.0966. The van der Waals surface area contributed by atoms with Crippen molar-refractivity contribution in [2.24, 2.45) is 0 Å². The Morgan fingerprint density at radius 1 is 1.47 bits per heavy atom. The molecule has 0 spiro atoms. The minimum atomic E-state index is -0.0140. The zero-order valence-corrected chi connectivity index (χ0v) is 8.21. The van der Waals surface area contributed by atoms with Gasteiger partial charge in [-0.3, -0.25) is 4.79 Å². The molecule has 2 rings (SSSR count). The predicted octanol–water partition coefficient (Wildman–Crippen LogP) is 0.664. The molecule has 0 bridgehead atoms. The molecule has 0 aliphatic carbocycles. The highest BCUT2D eigenvalue weighted by molar-refractivity contribution is 5.98. The Morgan fingerprint density at radius 2 is 2.33 bits per heavy atom. The van der Waals surface area contributed by atoms with Crippen LogP contribution in [0.2, 0.25) is 0 Å². The van der Waals surface area contributed by atoms with Gasteiger partial charge in [0, 0.05) is 24.1 Å². The second kappa shape index (κ2) is 4.16. The summed E-state index contributed by atoms with van der Waals surface area (Å²) in [6.45, 7) is 0.668. The summed E-state index contributed by atoms with van der Waals surface area (Å²) in [5.41, 5.74) is 2.62. The van der Waals surface area contributed by atoms with Crippen LogP contribution in [0.5, 0.6) is 0 Å². The lowest BCUT2D eigenvalue weighted by Crippen LogP contribution is -2.12. The van der Waals surface area contributed by atoms with Crippen LogP contribution in [0.15, 0.2) is 18.2 Å². The van der Waals surface area contributed by atoms with Gasteiger partial charge in [0.1, 0.15) is 0 Å². The Bertz CT molecular complexity index is 454. The minimum Gasteiger partial charge on any atom is -0.395 e. The highest BCUT2D eigenvalue weighted by atomic mass is 16.2. The Balaban J connectivity index is 2.24. The smallest absolute Gasteiger partial charge is 0.251 e. The van der Waals surface area contributed by atoms with Crippen LogP contribution in [-0.4, -0.2) is 17.6 Å². The van der Waals surface area contributed by atoms with Crippen molar-refractivity contribution in [2.45, 2.75) is 13.0 Å². The van der Waals surface area contributed by atoms with Gasteiger partial charge in [-0.15, -0.1) is 0 Å². The van der Waals surface area contributed by atoms with Crippen molar-refractivity contribution >= 4 is 5.91 Å². The summed E-state index contributed by atoms with van der Waals surface area (Å²) in [5, 5.41) is 11.3. The number of aliphatic hydroxyl groups excluding tert-OH is 1. The summed E-state index contributed by atoms with van der Waals surface area (Å²) < 4.78 is 0. The fourth-order valence-electron chi connectivity index (χ4n) is 1.53. The van der Waals surface area contributed by atoms with Crippen LogP contribution in [0, 0.1) is 11.8 Å². The number of nitrogens with one attached hydrogen (secondary N) is 1. The fraction of sp³-hybridized carbons (Fsp3) is 0.250. The van der Waals surface area contributed by atoms with E-state index in [0.717, 1.165) is 16.7 Å². The van der Waals surface area contributed by atoms with E-state index < -0.39 is 0 Å². The van der Waals surface area contributed by atoms with Crippen LogP contribution >= 0.6 is 0 Å². The number of hydrogen-bond acceptors (Lipinski definition) is 2. The first kappa shape index (κ1) is 9.75. The van der Waals surface area contributed by atoms with E-state index in [9.17, 15) is 4.79 Å². The van der Waals surface area contributed by atoms with Crippen LogP contribution in [-0.2, 0) is 6.54 Å². The molecule has 1 heterocycles. The number of aliphatic hydroxyl groups is 1. The van der Waals surface area contributed by atoms with Gasteiger partial charge in [-0.05, 0) is 23.8 Å². The predicted molar refractivity (Wildman–Crippen MR) is 56.2 cm³/mol. The van der Waals surface area contributed by atoms with Gasteiger partial charge < -0.3 is 10.4 Å². The van der Waals surface area contributed by atoms with Crippen LogP contribution in [0.4, 0.5) is 0 Å². The third-order valence-corrected chi connectivity index (χ3v) is 2.26. The molecule has 76 valence electrons. The molecular formula is C12H11NO2. The molecule has 3 nitrogen and oxygen atoms in total. The SMILES string of the molecule is O=C1NCc2cc(C#CCCO)ccc21. The summed E-state index contributed by atoms with van der Waals surface area (Å²) in [7, 11) is 0. The summed E-state index contributed by atoms with van der Waals surface area (Å²) in [4.78, 5) is 11.3. The van der Waals surface area contributed by atoms with Gasteiger partial charge in [0.25, 0.3) is 5.91 Å². The molecule has 0 fully saturated rings. The van der Waals surface area contributed by atoms with E-state index in [-0.39, 0.29) is 12.5 Å². The summed E-state index contributed by atoms with van der Waals surface area (Å²) >= 11 is 0. The molecule has 15 heavy (non-hydrogen) atoms. The quantitative estimate of drug-likeness (QED) is 0.656. The van der Waals surface area contributed by atoms with Gasteiger partial charge in [-0.2, -0.15) is 0 Å². The largest absolute Gasteiger partial charge is 0.395 e.